The third-order valence-corrected chi connectivity index (χ3v) is 3.69. The van der Waals surface area contributed by atoms with E-state index in [1.807, 2.05) is 0 Å². The van der Waals surface area contributed by atoms with Gasteiger partial charge in [-0.1, -0.05) is 0 Å². The second-order valence-corrected chi connectivity index (χ2v) is 5.50. The van der Waals surface area contributed by atoms with E-state index in [9.17, 15) is 27.6 Å². The van der Waals surface area contributed by atoms with Crippen LogP contribution in [0.25, 0.3) is 0 Å². The minimum atomic E-state index is -1.39. The lowest BCUT2D eigenvalue weighted by Crippen LogP contribution is -2.18. The van der Waals surface area contributed by atoms with E-state index in [1.54, 1.807) is 0 Å². The Labute approximate surface area is 146 Å². The number of anilines is 1. The molecule has 0 aliphatic carbocycles. The highest BCUT2D eigenvalue weighted by molar-refractivity contribution is 6.02. The molecule has 9 heteroatoms. The number of nitrogens with one attached hydrogen (secondary N) is 2. The van der Waals surface area contributed by atoms with Gasteiger partial charge in [0.1, 0.15) is 5.82 Å². The number of esters is 1. The first-order chi connectivity index (χ1) is 12.1. The molecule has 1 amide bonds. The minimum Gasteiger partial charge on any atom is -0.465 e. The Balaban J connectivity index is 2.32. The average Bonchev–Trinajstić information content (AvgIpc) is 2.88. The van der Waals surface area contributed by atoms with Crippen molar-refractivity contribution in [3.63, 3.8) is 0 Å². The van der Waals surface area contributed by atoms with Crippen LogP contribution < -0.4 is 5.32 Å². The van der Waals surface area contributed by atoms with Crippen LogP contribution in [0, 0.1) is 24.4 Å². The zero-order chi connectivity index (χ0) is 19.6. The van der Waals surface area contributed by atoms with Crippen LogP contribution in [0.3, 0.4) is 0 Å². The van der Waals surface area contributed by atoms with E-state index in [1.165, 1.54) is 13.8 Å². The molecule has 1 aromatic heterocycles. The van der Waals surface area contributed by atoms with Crippen molar-refractivity contribution in [2.45, 2.75) is 20.3 Å². The second kappa shape index (κ2) is 7.42. The van der Waals surface area contributed by atoms with Gasteiger partial charge in [0.15, 0.2) is 17.4 Å². The summed E-state index contributed by atoms with van der Waals surface area (Å²) in [6, 6.07) is 0.808. The monoisotopic (exact) mass is 368 g/mol. The van der Waals surface area contributed by atoms with Crippen molar-refractivity contribution in [3.8, 4) is 0 Å². The van der Waals surface area contributed by atoms with Crippen LogP contribution in [0.2, 0.25) is 0 Å². The number of hydrogen-bond acceptors (Lipinski definition) is 4. The molecule has 26 heavy (non-hydrogen) atoms. The number of halogens is 3. The molecule has 0 unspecified atom stereocenters. The molecule has 0 aliphatic rings. The Hall–Kier alpha value is -3.10. The van der Waals surface area contributed by atoms with Gasteiger partial charge in [-0.15, -0.1) is 0 Å². The standard InChI is InChI=1S/C17H15F3N2O4/c1-7-15(17(25)26-3)13(22-16(7)8(2)23)6-14(24)21-12-5-10(19)9(18)4-11(12)20/h4-5,22H,6H2,1-3H3,(H,21,24). The lowest BCUT2D eigenvalue weighted by atomic mass is 10.1. The smallest absolute Gasteiger partial charge is 0.339 e. The molecule has 0 fully saturated rings. The number of ketones is 1. The number of carbonyl (C=O) groups excluding carboxylic acids is 3. The number of methoxy groups -OCH3 is 1. The summed E-state index contributed by atoms with van der Waals surface area (Å²) in [4.78, 5) is 38.4. The molecule has 2 aromatic rings. The van der Waals surface area contributed by atoms with Gasteiger partial charge in [0.2, 0.25) is 5.91 Å². The van der Waals surface area contributed by atoms with Gasteiger partial charge in [0.05, 0.1) is 30.5 Å². The highest BCUT2D eigenvalue weighted by Crippen LogP contribution is 2.22. The van der Waals surface area contributed by atoms with Crippen molar-refractivity contribution >= 4 is 23.3 Å². The van der Waals surface area contributed by atoms with E-state index in [0.29, 0.717) is 17.7 Å². The predicted octanol–water partition coefficient (Wildman–Crippen LogP) is 2.91. The Bertz CT molecular complexity index is 906. The molecule has 0 spiro atoms. The molecule has 6 nitrogen and oxygen atoms in total. The van der Waals surface area contributed by atoms with E-state index in [2.05, 4.69) is 15.0 Å². The number of rotatable bonds is 5. The lowest BCUT2D eigenvalue weighted by Gasteiger charge is -2.08. The summed E-state index contributed by atoms with van der Waals surface area (Å²) in [5.41, 5.74) is -0.0133. The number of aromatic amines is 1. The van der Waals surface area contributed by atoms with Crippen molar-refractivity contribution in [1.29, 1.82) is 0 Å². The van der Waals surface area contributed by atoms with Gasteiger partial charge in [-0.25, -0.2) is 18.0 Å². The molecule has 2 rings (SSSR count). The summed E-state index contributed by atoms with van der Waals surface area (Å²) in [5.74, 6) is -5.79. The molecule has 138 valence electrons. The van der Waals surface area contributed by atoms with Crippen LogP contribution in [0.15, 0.2) is 12.1 Å². The molecular weight excluding hydrogens is 353 g/mol. The van der Waals surface area contributed by atoms with Crippen molar-refractivity contribution in [2.24, 2.45) is 0 Å². The third kappa shape index (κ3) is 3.76. The fraction of sp³-hybridized carbons (Fsp3) is 0.235. The number of aromatic nitrogens is 1. The molecule has 0 bridgehead atoms. The van der Waals surface area contributed by atoms with E-state index in [-0.39, 0.29) is 22.7 Å². The summed E-state index contributed by atoms with van der Waals surface area (Å²) in [7, 11) is 1.14. The summed E-state index contributed by atoms with van der Waals surface area (Å²) in [5, 5.41) is 2.09. The highest BCUT2D eigenvalue weighted by atomic mass is 19.2. The molecular formula is C17H15F3N2O4. The van der Waals surface area contributed by atoms with Crippen molar-refractivity contribution in [1.82, 2.24) is 4.98 Å². The van der Waals surface area contributed by atoms with Gasteiger partial charge in [0, 0.05) is 24.8 Å². The summed E-state index contributed by atoms with van der Waals surface area (Å²) in [6.45, 7) is 2.79. The van der Waals surface area contributed by atoms with Gasteiger partial charge >= 0.3 is 5.97 Å². The second-order valence-electron chi connectivity index (χ2n) is 5.50. The quantitative estimate of drug-likeness (QED) is 0.483. The summed E-state index contributed by atoms with van der Waals surface area (Å²) >= 11 is 0. The maximum Gasteiger partial charge on any atom is 0.339 e. The third-order valence-electron chi connectivity index (χ3n) is 3.69. The van der Waals surface area contributed by atoms with Crippen LogP contribution >= 0.6 is 0 Å². The molecule has 1 aromatic carbocycles. The SMILES string of the molecule is COC(=O)c1c(CC(=O)Nc2cc(F)c(F)cc2F)[nH]c(C(C)=O)c1C. The lowest BCUT2D eigenvalue weighted by molar-refractivity contribution is -0.115. The highest BCUT2D eigenvalue weighted by Gasteiger charge is 2.24. The first-order valence-corrected chi connectivity index (χ1v) is 7.40. The molecule has 0 aliphatic heterocycles. The van der Waals surface area contributed by atoms with Gasteiger partial charge in [-0.05, 0) is 12.5 Å². The largest absolute Gasteiger partial charge is 0.465 e. The van der Waals surface area contributed by atoms with Crippen LogP contribution in [-0.2, 0) is 16.0 Å². The van der Waals surface area contributed by atoms with Crippen LogP contribution in [0.4, 0.5) is 18.9 Å². The molecule has 0 atom stereocenters. The van der Waals surface area contributed by atoms with Crippen LogP contribution in [-0.4, -0.2) is 29.8 Å². The fourth-order valence-corrected chi connectivity index (χ4v) is 2.49. The zero-order valence-electron chi connectivity index (χ0n) is 14.1. The Morgan fingerprint density at radius 2 is 1.73 bits per heavy atom. The topological polar surface area (TPSA) is 88.3 Å². The minimum absolute atomic E-state index is 0.0126. The van der Waals surface area contributed by atoms with Gasteiger partial charge in [-0.3, -0.25) is 9.59 Å². The van der Waals surface area contributed by atoms with Crippen LogP contribution in [0.5, 0.6) is 0 Å². The number of benzene rings is 1. The van der Waals surface area contributed by atoms with E-state index in [4.69, 9.17) is 0 Å². The van der Waals surface area contributed by atoms with E-state index >= 15 is 0 Å². The maximum absolute atomic E-state index is 13.6. The first-order valence-electron chi connectivity index (χ1n) is 7.40. The molecule has 0 saturated carbocycles. The van der Waals surface area contributed by atoms with Crippen molar-refractivity contribution in [2.75, 3.05) is 12.4 Å². The van der Waals surface area contributed by atoms with Crippen molar-refractivity contribution in [3.05, 3.63) is 52.1 Å². The summed E-state index contributed by atoms with van der Waals surface area (Å²) < 4.78 is 44.4. The maximum atomic E-state index is 13.6. The summed E-state index contributed by atoms with van der Waals surface area (Å²) in [6.07, 6.45) is -0.447. The molecule has 1 heterocycles. The number of ether oxygens (including phenoxy) is 1. The molecule has 2 N–H and O–H groups in total. The van der Waals surface area contributed by atoms with E-state index in [0.717, 1.165) is 7.11 Å². The number of carbonyl (C=O) groups is 3. The number of amides is 1. The zero-order valence-corrected chi connectivity index (χ0v) is 14.1. The van der Waals surface area contributed by atoms with Crippen LogP contribution in [0.1, 0.15) is 39.0 Å². The predicted molar refractivity (Wildman–Crippen MR) is 85.5 cm³/mol. The van der Waals surface area contributed by atoms with Gasteiger partial charge < -0.3 is 15.0 Å². The molecule has 0 saturated heterocycles. The average molecular weight is 368 g/mol. The normalized spacial score (nSPS) is 10.5. The fourth-order valence-electron chi connectivity index (χ4n) is 2.49. The number of H-pyrrole nitrogens is 1. The Morgan fingerprint density at radius 3 is 2.31 bits per heavy atom. The van der Waals surface area contributed by atoms with Crippen molar-refractivity contribution < 1.29 is 32.3 Å². The van der Waals surface area contributed by atoms with E-state index < -0.39 is 41.4 Å². The number of hydrogen-bond donors (Lipinski definition) is 2. The first kappa shape index (κ1) is 19.2. The molecule has 0 radical (unpaired) electrons. The number of Topliss-reactive ketones (excluding diaryl/α,β-unsaturated/α-hetero) is 1. The Morgan fingerprint density at radius 1 is 1.12 bits per heavy atom. The van der Waals surface area contributed by atoms with Gasteiger partial charge in [-0.2, -0.15) is 0 Å². The van der Waals surface area contributed by atoms with Gasteiger partial charge in [0.25, 0.3) is 0 Å². The Kier molecular flexibility index (Phi) is 5.49.